The summed E-state index contributed by atoms with van der Waals surface area (Å²) in [6.07, 6.45) is 0. The Hall–Kier alpha value is -2.19. The van der Waals surface area contributed by atoms with Gasteiger partial charge in [-0.25, -0.2) is 0 Å². The van der Waals surface area contributed by atoms with Crippen molar-refractivity contribution in [3.05, 3.63) is 46.8 Å². The molecular formula is C24H36N2O8S3. The first kappa shape index (κ1) is 34.8. The number of hydrogen-bond donors (Lipinski definition) is 0. The third kappa shape index (κ3) is 16.3. The van der Waals surface area contributed by atoms with Gasteiger partial charge in [0, 0.05) is 48.5 Å². The van der Waals surface area contributed by atoms with E-state index in [2.05, 4.69) is 61.1 Å². The van der Waals surface area contributed by atoms with Gasteiger partial charge in [0.2, 0.25) is 10.1 Å². The number of aryl methyl sites for hydroxylation is 4. The molecule has 2 aromatic rings. The van der Waals surface area contributed by atoms with Gasteiger partial charge < -0.3 is 18.6 Å². The lowest BCUT2D eigenvalue weighted by molar-refractivity contribution is -0.714. The number of pyridine rings is 2. The van der Waals surface area contributed by atoms with Crippen LogP contribution >= 0.6 is 23.5 Å². The molecule has 0 aliphatic carbocycles. The zero-order chi connectivity index (χ0) is 28.8. The van der Waals surface area contributed by atoms with Crippen LogP contribution in [-0.4, -0.2) is 54.2 Å². The largest absolute Gasteiger partial charge is 0.759 e. The van der Waals surface area contributed by atoms with E-state index in [1.807, 2.05) is 27.9 Å². The van der Waals surface area contributed by atoms with Crippen LogP contribution in [0.25, 0.3) is 0 Å². The van der Waals surface area contributed by atoms with Gasteiger partial charge in [0.1, 0.15) is 25.6 Å². The van der Waals surface area contributed by atoms with E-state index in [0.717, 1.165) is 10.1 Å². The molecule has 13 heteroatoms. The van der Waals surface area contributed by atoms with Crippen LogP contribution in [0.4, 0.5) is 0 Å². The van der Waals surface area contributed by atoms with Gasteiger partial charge in [-0.15, -0.1) is 0 Å². The molecule has 0 aliphatic rings. The molecule has 0 aliphatic heterocycles. The fourth-order valence-electron chi connectivity index (χ4n) is 2.81. The lowest BCUT2D eigenvalue weighted by Crippen LogP contribution is -2.35. The summed E-state index contributed by atoms with van der Waals surface area (Å²) in [5.74, 6) is 0.410. The number of aromatic nitrogens is 2. The van der Waals surface area contributed by atoms with Crippen molar-refractivity contribution in [1.29, 1.82) is 0 Å². The highest BCUT2D eigenvalue weighted by atomic mass is 32.3. The quantitative estimate of drug-likeness (QED) is 0.151. The lowest BCUT2D eigenvalue weighted by atomic mass is 10.2. The Balaban J connectivity index is 0.000000594. The Kier molecular flexibility index (Phi) is 16.3. The summed E-state index contributed by atoms with van der Waals surface area (Å²) in [6.45, 7) is 12.8. The maximum atomic E-state index is 11.2. The molecule has 2 heterocycles. The molecule has 0 bridgehead atoms. The van der Waals surface area contributed by atoms with Crippen LogP contribution in [0.15, 0.2) is 34.3 Å². The number of carbonyl (C=O) groups is 2. The van der Waals surface area contributed by atoms with Gasteiger partial charge in [0.25, 0.3) is 0 Å². The minimum absolute atomic E-state index is 0.161. The second kappa shape index (κ2) is 17.3. The molecule has 0 unspecified atom stereocenters. The summed E-state index contributed by atoms with van der Waals surface area (Å²) in [7, 11) is -1.16. The Morgan fingerprint density at radius 3 is 1.32 bits per heavy atom. The van der Waals surface area contributed by atoms with Crippen LogP contribution in [0.3, 0.4) is 0 Å². The Morgan fingerprint density at radius 2 is 1.05 bits per heavy atom. The zero-order valence-corrected chi connectivity index (χ0v) is 25.0. The van der Waals surface area contributed by atoms with Gasteiger partial charge in [-0.1, -0.05) is 0 Å². The van der Waals surface area contributed by atoms with Crippen molar-refractivity contribution in [2.45, 2.75) is 51.6 Å². The third-order valence-electron chi connectivity index (χ3n) is 4.58. The van der Waals surface area contributed by atoms with E-state index in [4.69, 9.17) is 27.0 Å². The topological polar surface area (TPSA) is 141 Å². The van der Waals surface area contributed by atoms with E-state index in [9.17, 15) is 9.59 Å². The van der Waals surface area contributed by atoms with E-state index in [1.54, 1.807) is 0 Å². The first-order chi connectivity index (χ1) is 17.1. The molecular weight excluding hydrogens is 540 g/mol. The predicted molar refractivity (Wildman–Crippen MR) is 139 cm³/mol. The molecule has 0 saturated heterocycles. The Morgan fingerprint density at radius 1 is 0.757 bits per heavy atom. The minimum atomic E-state index is -5.17. The monoisotopic (exact) mass is 576 g/mol. The fourth-order valence-corrected chi connectivity index (χ4v) is 4.73. The average Bonchev–Trinajstić information content (AvgIpc) is 2.76. The van der Waals surface area contributed by atoms with Gasteiger partial charge >= 0.3 is 11.9 Å². The van der Waals surface area contributed by atoms with Crippen molar-refractivity contribution in [2.24, 2.45) is 14.1 Å². The molecule has 0 fully saturated rings. The molecule has 37 heavy (non-hydrogen) atoms. The van der Waals surface area contributed by atoms with Crippen LogP contribution in [0.1, 0.15) is 36.4 Å². The number of carbonyl (C=O) groups excluding carboxylic acids is 2. The van der Waals surface area contributed by atoms with Gasteiger partial charge in [0.05, 0.1) is 13.2 Å². The standard InChI is InChI=1S/2C12H18NO2S.H2O4S/c2*1-5-15-12(14)8-16-11-7-9(2)6-10(3)13(11)4;1-5(2,3)4/h2*6-7H,5,8H2,1-4H3;(H2,1,2,3,4)/q2*+1;/p-2. The summed E-state index contributed by atoms with van der Waals surface area (Å²) in [5, 5.41) is 2.18. The van der Waals surface area contributed by atoms with Gasteiger partial charge in [-0.3, -0.25) is 18.0 Å². The maximum absolute atomic E-state index is 11.2. The van der Waals surface area contributed by atoms with Crippen molar-refractivity contribution < 1.29 is 45.7 Å². The number of thioether (sulfide) groups is 2. The molecule has 0 N–H and O–H groups in total. The first-order valence-corrected chi connectivity index (χ1v) is 14.6. The molecule has 0 amide bonds. The van der Waals surface area contributed by atoms with Gasteiger partial charge in [0.15, 0.2) is 11.4 Å². The summed E-state index contributed by atoms with van der Waals surface area (Å²) < 4.78 is 48.0. The molecule has 208 valence electrons. The Labute approximate surface area is 228 Å². The van der Waals surface area contributed by atoms with Crippen molar-refractivity contribution >= 4 is 45.9 Å². The van der Waals surface area contributed by atoms with E-state index in [-0.39, 0.29) is 11.9 Å². The summed E-state index contributed by atoms with van der Waals surface area (Å²) in [5.41, 5.74) is 4.79. The minimum Gasteiger partial charge on any atom is -0.759 e. The third-order valence-corrected chi connectivity index (χ3v) is 6.72. The van der Waals surface area contributed by atoms with Crippen molar-refractivity contribution in [1.82, 2.24) is 0 Å². The maximum Gasteiger partial charge on any atom is 0.316 e. The molecule has 0 spiro atoms. The summed E-state index contributed by atoms with van der Waals surface area (Å²) >= 11 is 3.02. The highest BCUT2D eigenvalue weighted by Gasteiger charge is 2.15. The number of hydrogen-bond acceptors (Lipinski definition) is 10. The predicted octanol–water partition coefficient (Wildman–Crippen LogP) is 2.23. The Bertz CT molecular complexity index is 1070. The molecule has 10 nitrogen and oxygen atoms in total. The van der Waals surface area contributed by atoms with E-state index >= 15 is 0 Å². The van der Waals surface area contributed by atoms with Crippen molar-refractivity contribution in [2.75, 3.05) is 24.7 Å². The van der Waals surface area contributed by atoms with Crippen molar-refractivity contribution in [3.8, 4) is 0 Å². The number of nitrogens with zero attached hydrogens (tertiary/aromatic N) is 2. The highest BCUT2D eigenvalue weighted by molar-refractivity contribution is 8.00. The highest BCUT2D eigenvalue weighted by Crippen LogP contribution is 2.16. The summed E-state index contributed by atoms with van der Waals surface area (Å²) in [6, 6.07) is 8.40. The number of ether oxygens (including phenoxy) is 2. The summed E-state index contributed by atoms with van der Waals surface area (Å²) in [4.78, 5) is 22.5. The smallest absolute Gasteiger partial charge is 0.316 e. The molecule has 0 saturated carbocycles. The second-order valence-electron chi connectivity index (χ2n) is 7.74. The lowest BCUT2D eigenvalue weighted by Gasteiger charge is -2.06. The SMILES string of the molecule is CCOC(=O)CSc1cc(C)cc(C)[n+]1C.CCOC(=O)CSc1cc(C)cc(C)[n+]1C.O=S(=O)([O-])[O-]. The van der Waals surface area contributed by atoms with E-state index in [1.165, 1.54) is 46.0 Å². The van der Waals surface area contributed by atoms with Crippen LogP contribution in [0.2, 0.25) is 0 Å². The van der Waals surface area contributed by atoms with Crippen LogP contribution in [-0.2, 0) is 43.6 Å². The second-order valence-corrected chi connectivity index (χ2v) is 10.5. The molecule has 2 rings (SSSR count). The number of esters is 2. The van der Waals surface area contributed by atoms with Crippen LogP contribution in [0, 0.1) is 27.7 Å². The molecule has 0 radical (unpaired) electrons. The van der Waals surface area contributed by atoms with E-state index < -0.39 is 10.4 Å². The number of rotatable bonds is 8. The van der Waals surface area contributed by atoms with Crippen LogP contribution < -0.4 is 9.13 Å². The molecule has 0 atom stereocenters. The molecule has 2 aromatic heterocycles. The fraction of sp³-hybridized carbons (Fsp3) is 0.500. The zero-order valence-electron chi connectivity index (χ0n) is 22.5. The van der Waals surface area contributed by atoms with Crippen LogP contribution in [0.5, 0.6) is 0 Å². The van der Waals surface area contributed by atoms with E-state index in [0.29, 0.717) is 24.7 Å². The van der Waals surface area contributed by atoms with Gasteiger partial charge in [-0.05, 0) is 62.3 Å². The van der Waals surface area contributed by atoms with Gasteiger partial charge in [-0.2, -0.15) is 9.13 Å². The molecule has 0 aromatic carbocycles. The first-order valence-electron chi connectivity index (χ1n) is 11.3. The van der Waals surface area contributed by atoms with Crippen molar-refractivity contribution in [3.63, 3.8) is 0 Å². The normalized spacial score (nSPS) is 10.4. The average molecular weight is 577 g/mol.